The van der Waals surface area contributed by atoms with Crippen LogP contribution in [0.5, 0.6) is 0 Å². The topological polar surface area (TPSA) is 27.7 Å². The lowest BCUT2D eigenvalue weighted by atomic mass is 10.4. The molecule has 0 spiro atoms. The first-order chi connectivity index (χ1) is 4.74. The molecule has 60 valence electrons. The van der Waals surface area contributed by atoms with E-state index in [1.54, 1.807) is 20.3 Å². The van der Waals surface area contributed by atoms with Crippen LogP contribution in [0.15, 0.2) is 12.7 Å². The van der Waals surface area contributed by atoms with Crippen LogP contribution in [0.2, 0.25) is 0 Å². The van der Waals surface area contributed by atoms with Crippen molar-refractivity contribution in [2.75, 3.05) is 14.2 Å². The molecule has 0 aromatic heterocycles. The molecule has 0 fully saturated rings. The van der Waals surface area contributed by atoms with E-state index in [9.17, 15) is 0 Å². The predicted octanol–water partition coefficient (Wildman–Crippen LogP) is 0.587. The average molecular weight is 162 g/mol. The van der Waals surface area contributed by atoms with Gasteiger partial charge in [0.15, 0.2) is 0 Å². The smallest absolute Gasteiger partial charge is 0.379 e. The summed E-state index contributed by atoms with van der Waals surface area (Å²) in [5.74, 6) is 0. The second-order valence-corrected chi connectivity index (χ2v) is 3.63. The molecule has 10 heavy (non-hydrogen) atoms. The first-order valence-corrected chi connectivity index (χ1v) is 4.49. The third-order valence-electron chi connectivity index (χ3n) is 1.04. The zero-order valence-electron chi connectivity index (χ0n) is 6.66. The molecule has 0 aromatic carbocycles. The van der Waals surface area contributed by atoms with Crippen LogP contribution in [0.25, 0.3) is 0 Å². The molecule has 0 aromatic rings. The Morgan fingerprint density at radius 3 is 2.20 bits per heavy atom. The van der Waals surface area contributed by atoms with Crippen LogP contribution in [-0.2, 0) is 13.3 Å². The molecule has 0 amide bonds. The van der Waals surface area contributed by atoms with E-state index in [2.05, 4.69) is 6.58 Å². The van der Waals surface area contributed by atoms with Crippen LogP contribution in [0.3, 0.4) is 0 Å². The molecule has 0 heterocycles. The molecule has 0 aliphatic carbocycles. The average Bonchev–Trinajstić information content (AvgIpc) is 1.99. The van der Waals surface area contributed by atoms with Crippen LogP contribution < -0.4 is 0 Å². The lowest BCUT2D eigenvalue weighted by Gasteiger charge is -2.14. The molecular formula is C6H14O3Si. The lowest BCUT2D eigenvalue weighted by molar-refractivity contribution is 0.115. The minimum Gasteiger partial charge on any atom is -0.379 e. The van der Waals surface area contributed by atoms with Crippen molar-refractivity contribution in [3.05, 3.63) is 12.7 Å². The van der Waals surface area contributed by atoms with Crippen molar-refractivity contribution in [2.45, 2.75) is 13.0 Å². The van der Waals surface area contributed by atoms with Gasteiger partial charge in [-0.25, -0.2) is 0 Å². The highest BCUT2D eigenvalue weighted by atomic mass is 28.3. The largest absolute Gasteiger partial charge is 0.484 e. The van der Waals surface area contributed by atoms with Gasteiger partial charge >= 0.3 is 9.53 Å². The monoisotopic (exact) mass is 162 g/mol. The summed E-state index contributed by atoms with van der Waals surface area (Å²) in [6, 6.07) is 0. The van der Waals surface area contributed by atoms with Gasteiger partial charge in [-0.3, -0.25) is 0 Å². The maximum atomic E-state index is 5.27. The maximum Gasteiger partial charge on any atom is 0.484 e. The fourth-order valence-electron chi connectivity index (χ4n) is 0.438. The van der Waals surface area contributed by atoms with Crippen molar-refractivity contribution in [3.8, 4) is 0 Å². The fourth-order valence-corrected chi connectivity index (χ4v) is 1.31. The molecule has 0 saturated carbocycles. The Morgan fingerprint density at radius 1 is 1.40 bits per heavy atom. The maximum absolute atomic E-state index is 5.27. The molecule has 0 N–H and O–H groups in total. The van der Waals surface area contributed by atoms with E-state index in [4.69, 9.17) is 13.3 Å². The third kappa shape index (κ3) is 3.79. The summed E-state index contributed by atoms with van der Waals surface area (Å²) >= 11 is 0. The molecule has 0 radical (unpaired) electrons. The first kappa shape index (κ1) is 9.84. The standard InChI is InChI=1S/C6H14O3Si/c1-5-6(2)9-10(7-3)8-4/h5-6,10H,1H2,2-4H3. The van der Waals surface area contributed by atoms with Gasteiger partial charge in [-0.2, -0.15) is 0 Å². The van der Waals surface area contributed by atoms with Crippen molar-refractivity contribution in [1.82, 2.24) is 0 Å². The molecule has 0 rings (SSSR count). The first-order valence-electron chi connectivity index (χ1n) is 3.08. The van der Waals surface area contributed by atoms with Crippen LogP contribution in [0, 0.1) is 0 Å². The zero-order valence-corrected chi connectivity index (χ0v) is 7.82. The Hall–Kier alpha value is -0.163. The van der Waals surface area contributed by atoms with Crippen molar-refractivity contribution in [1.29, 1.82) is 0 Å². The number of hydrogen-bond acceptors (Lipinski definition) is 3. The predicted molar refractivity (Wildman–Crippen MR) is 41.9 cm³/mol. The number of rotatable bonds is 5. The molecule has 0 saturated heterocycles. The normalized spacial score (nSPS) is 13.6. The Bertz CT molecular complexity index is 93.0. The number of hydrogen-bond donors (Lipinski definition) is 0. The Balaban J connectivity index is 3.51. The summed E-state index contributed by atoms with van der Waals surface area (Å²) in [6.45, 7) is 5.46. The van der Waals surface area contributed by atoms with Gasteiger partial charge in [0.2, 0.25) is 0 Å². The SMILES string of the molecule is C=CC(C)O[SiH](OC)OC. The quantitative estimate of drug-likeness (QED) is 0.437. The minimum atomic E-state index is -1.84. The van der Waals surface area contributed by atoms with Gasteiger partial charge in [0.25, 0.3) is 0 Å². The van der Waals surface area contributed by atoms with Gasteiger partial charge < -0.3 is 13.3 Å². The van der Waals surface area contributed by atoms with E-state index in [0.717, 1.165) is 0 Å². The van der Waals surface area contributed by atoms with E-state index in [-0.39, 0.29) is 6.10 Å². The van der Waals surface area contributed by atoms with Gasteiger partial charge in [0.1, 0.15) is 0 Å². The summed E-state index contributed by atoms with van der Waals surface area (Å²) in [6.07, 6.45) is 1.72. The summed E-state index contributed by atoms with van der Waals surface area (Å²) in [7, 11) is 1.32. The fraction of sp³-hybridized carbons (Fsp3) is 0.667. The molecule has 4 heteroatoms. The van der Waals surface area contributed by atoms with Crippen LogP contribution >= 0.6 is 0 Å². The summed E-state index contributed by atoms with van der Waals surface area (Å²) in [5.41, 5.74) is 0. The minimum absolute atomic E-state index is 0.0107. The molecule has 1 unspecified atom stereocenters. The van der Waals surface area contributed by atoms with E-state index in [1.165, 1.54) is 0 Å². The summed E-state index contributed by atoms with van der Waals surface area (Å²) in [5, 5.41) is 0. The zero-order chi connectivity index (χ0) is 7.98. The van der Waals surface area contributed by atoms with Gasteiger partial charge in [0, 0.05) is 14.2 Å². The lowest BCUT2D eigenvalue weighted by Crippen LogP contribution is -2.27. The van der Waals surface area contributed by atoms with Crippen LogP contribution in [0.1, 0.15) is 6.92 Å². The van der Waals surface area contributed by atoms with Crippen molar-refractivity contribution in [3.63, 3.8) is 0 Å². The van der Waals surface area contributed by atoms with Gasteiger partial charge in [-0.15, -0.1) is 6.58 Å². The molecule has 0 aliphatic heterocycles. The van der Waals surface area contributed by atoms with Gasteiger partial charge in [0.05, 0.1) is 6.10 Å². The van der Waals surface area contributed by atoms with Gasteiger partial charge in [-0.1, -0.05) is 6.08 Å². The Kier molecular flexibility index (Phi) is 5.52. The highest BCUT2D eigenvalue weighted by molar-refractivity contribution is 6.36. The highest BCUT2D eigenvalue weighted by Gasteiger charge is 2.12. The van der Waals surface area contributed by atoms with Crippen molar-refractivity contribution >= 4 is 9.53 Å². The van der Waals surface area contributed by atoms with E-state index in [1.807, 2.05) is 6.92 Å². The van der Waals surface area contributed by atoms with Crippen LogP contribution in [-0.4, -0.2) is 29.9 Å². The van der Waals surface area contributed by atoms with Gasteiger partial charge in [-0.05, 0) is 6.92 Å². The highest BCUT2D eigenvalue weighted by Crippen LogP contribution is 1.96. The molecule has 3 nitrogen and oxygen atoms in total. The summed E-state index contributed by atoms with van der Waals surface area (Å²) in [4.78, 5) is 0. The van der Waals surface area contributed by atoms with Crippen LogP contribution in [0.4, 0.5) is 0 Å². The molecule has 0 aliphatic rings. The van der Waals surface area contributed by atoms with E-state index in [0.29, 0.717) is 0 Å². The summed E-state index contributed by atoms with van der Waals surface area (Å²) < 4.78 is 15.1. The third-order valence-corrected chi connectivity index (χ3v) is 2.46. The Labute approximate surface area is 63.6 Å². The second kappa shape index (κ2) is 5.61. The van der Waals surface area contributed by atoms with Crippen molar-refractivity contribution < 1.29 is 13.3 Å². The van der Waals surface area contributed by atoms with Crippen molar-refractivity contribution in [2.24, 2.45) is 0 Å². The molecule has 1 atom stereocenters. The molecule has 0 bridgehead atoms. The molecular weight excluding hydrogens is 148 g/mol. The van der Waals surface area contributed by atoms with E-state index >= 15 is 0 Å². The van der Waals surface area contributed by atoms with E-state index < -0.39 is 9.53 Å². The second-order valence-electron chi connectivity index (χ2n) is 1.84. The Morgan fingerprint density at radius 2 is 1.90 bits per heavy atom.